The molecule has 2 rings (SSSR count). The molecule has 0 spiro atoms. The summed E-state index contributed by atoms with van der Waals surface area (Å²) in [6.45, 7) is 8.31. The molecule has 128 valence electrons. The van der Waals surface area contributed by atoms with Gasteiger partial charge in [0, 0.05) is 22.4 Å². The molecule has 0 aromatic carbocycles. The molecule has 1 heterocycles. The van der Waals surface area contributed by atoms with Gasteiger partial charge in [0.05, 0.1) is 31.3 Å². The number of anilines is 1. The third-order valence-corrected chi connectivity index (χ3v) is 4.08. The van der Waals surface area contributed by atoms with Crippen LogP contribution in [0.2, 0.25) is 0 Å². The molecule has 1 aliphatic rings. The van der Waals surface area contributed by atoms with E-state index in [-0.39, 0.29) is 5.91 Å². The summed E-state index contributed by atoms with van der Waals surface area (Å²) in [4.78, 5) is 12.2. The molecule has 0 radical (unpaired) electrons. The zero-order valence-electron chi connectivity index (χ0n) is 14.2. The fourth-order valence-electron chi connectivity index (χ4n) is 2.37. The van der Waals surface area contributed by atoms with Crippen LogP contribution in [0.25, 0.3) is 0 Å². The normalized spacial score (nSPS) is 15.2. The highest BCUT2D eigenvalue weighted by Crippen LogP contribution is 2.21. The molecule has 0 saturated heterocycles. The number of carbonyl (C=O) groups is 1. The largest absolute Gasteiger partial charge is 0.501 e. The minimum atomic E-state index is -0.184. The van der Waals surface area contributed by atoms with Gasteiger partial charge in [0.15, 0.2) is 0 Å². The molecule has 1 aliphatic carbocycles. The summed E-state index contributed by atoms with van der Waals surface area (Å²) in [6.07, 6.45) is 8.54. The number of allylic oxidation sites excluding steroid dienone is 5. The molecule has 1 amide bonds. The van der Waals surface area contributed by atoms with E-state index in [1.54, 1.807) is 30.3 Å². The van der Waals surface area contributed by atoms with Crippen molar-refractivity contribution in [2.24, 2.45) is 0 Å². The van der Waals surface area contributed by atoms with Crippen LogP contribution in [0.4, 0.5) is 5.69 Å². The predicted octanol–water partition coefficient (Wildman–Crippen LogP) is 4.16. The monoisotopic (exact) mass is 347 g/mol. The van der Waals surface area contributed by atoms with Gasteiger partial charge in [-0.2, -0.15) is 5.10 Å². The fourth-order valence-corrected chi connectivity index (χ4v) is 2.60. The van der Waals surface area contributed by atoms with E-state index in [1.165, 1.54) is 0 Å². The average Bonchev–Trinajstić information content (AvgIpc) is 2.98. The summed E-state index contributed by atoms with van der Waals surface area (Å²) >= 11 is 5.99. The van der Waals surface area contributed by atoms with E-state index in [0.717, 1.165) is 29.7 Å². The summed E-state index contributed by atoms with van der Waals surface area (Å²) in [6, 6.07) is 0. The number of ether oxygens (including phenoxy) is 1. The van der Waals surface area contributed by atoms with E-state index in [4.69, 9.17) is 16.3 Å². The van der Waals surface area contributed by atoms with E-state index in [0.29, 0.717) is 22.8 Å². The number of hydrogen-bond donors (Lipinski definition) is 1. The van der Waals surface area contributed by atoms with Gasteiger partial charge in [-0.1, -0.05) is 24.3 Å². The molecule has 0 aliphatic heterocycles. The van der Waals surface area contributed by atoms with Crippen molar-refractivity contribution in [3.05, 3.63) is 58.6 Å². The quantitative estimate of drug-likeness (QED) is 0.621. The lowest BCUT2D eigenvalue weighted by atomic mass is 10.1. The third-order valence-electron chi connectivity index (χ3n) is 3.78. The van der Waals surface area contributed by atoms with Crippen molar-refractivity contribution in [1.29, 1.82) is 0 Å². The first-order valence-corrected chi connectivity index (χ1v) is 8.08. The standard InChI is InChI=1S/C18H22ClN3O2/c1-12(2)17(13(3)24-4)11-22-10-16(9-20-22)21-18(23)14-6-5-7-15(19)8-14/h6,8-10H,1,5,7,11H2,2-4H3,(H,21,23)/b17-13-. The summed E-state index contributed by atoms with van der Waals surface area (Å²) < 4.78 is 7.02. The van der Waals surface area contributed by atoms with Crippen molar-refractivity contribution in [3.8, 4) is 0 Å². The van der Waals surface area contributed by atoms with Crippen LogP contribution in [0.5, 0.6) is 0 Å². The molecule has 1 aromatic heterocycles. The highest BCUT2D eigenvalue weighted by Gasteiger charge is 2.13. The molecule has 0 saturated carbocycles. The second-order valence-electron chi connectivity index (χ2n) is 5.69. The van der Waals surface area contributed by atoms with Gasteiger partial charge in [0.1, 0.15) is 0 Å². The Labute approximate surface area is 147 Å². The third kappa shape index (κ3) is 4.61. The number of halogens is 1. The van der Waals surface area contributed by atoms with Crippen molar-refractivity contribution < 1.29 is 9.53 Å². The zero-order chi connectivity index (χ0) is 17.7. The number of nitrogens with zero attached hydrogens (tertiary/aromatic N) is 2. The Morgan fingerprint density at radius 3 is 2.88 bits per heavy atom. The molecular weight excluding hydrogens is 326 g/mol. The minimum absolute atomic E-state index is 0.184. The molecule has 1 N–H and O–H groups in total. The number of aromatic nitrogens is 2. The van der Waals surface area contributed by atoms with Crippen molar-refractivity contribution in [3.63, 3.8) is 0 Å². The molecule has 24 heavy (non-hydrogen) atoms. The molecule has 0 unspecified atom stereocenters. The molecule has 6 heteroatoms. The topological polar surface area (TPSA) is 56.2 Å². The summed E-state index contributed by atoms with van der Waals surface area (Å²) in [5.41, 5.74) is 3.11. The average molecular weight is 348 g/mol. The molecule has 1 aromatic rings. The maximum Gasteiger partial charge on any atom is 0.255 e. The van der Waals surface area contributed by atoms with Crippen LogP contribution >= 0.6 is 11.6 Å². The van der Waals surface area contributed by atoms with Gasteiger partial charge in [-0.3, -0.25) is 9.48 Å². The first kappa shape index (κ1) is 18.1. The second kappa shape index (κ2) is 8.02. The summed E-state index contributed by atoms with van der Waals surface area (Å²) in [5.74, 6) is 0.617. The molecule has 0 bridgehead atoms. The zero-order valence-corrected chi connectivity index (χ0v) is 15.0. The van der Waals surface area contributed by atoms with Gasteiger partial charge in [0.2, 0.25) is 0 Å². The first-order valence-electron chi connectivity index (χ1n) is 7.70. The van der Waals surface area contributed by atoms with E-state index in [2.05, 4.69) is 17.0 Å². The Morgan fingerprint density at radius 2 is 2.25 bits per heavy atom. The van der Waals surface area contributed by atoms with Gasteiger partial charge in [-0.15, -0.1) is 0 Å². The first-order chi connectivity index (χ1) is 11.4. The number of hydrogen-bond acceptors (Lipinski definition) is 3. The van der Waals surface area contributed by atoms with Crippen LogP contribution in [0.3, 0.4) is 0 Å². The van der Waals surface area contributed by atoms with Gasteiger partial charge in [0.25, 0.3) is 5.91 Å². The Kier molecular flexibility index (Phi) is 6.04. The lowest BCUT2D eigenvalue weighted by molar-refractivity contribution is -0.112. The van der Waals surface area contributed by atoms with Crippen molar-refractivity contribution in [2.75, 3.05) is 12.4 Å². The Bertz CT molecular complexity index is 741. The number of methoxy groups -OCH3 is 1. The van der Waals surface area contributed by atoms with E-state index in [1.807, 2.05) is 19.9 Å². The van der Waals surface area contributed by atoms with E-state index in [9.17, 15) is 4.79 Å². The van der Waals surface area contributed by atoms with Gasteiger partial charge >= 0.3 is 0 Å². The predicted molar refractivity (Wildman–Crippen MR) is 96.6 cm³/mol. The van der Waals surface area contributed by atoms with Gasteiger partial charge in [-0.05, 0) is 38.3 Å². The maximum absolute atomic E-state index is 12.2. The highest BCUT2D eigenvalue weighted by molar-refractivity contribution is 6.30. The number of rotatable bonds is 6. The van der Waals surface area contributed by atoms with E-state index < -0.39 is 0 Å². The van der Waals surface area contributed by atoms with Gasteiger partial charge < -0.3 is 10.1 Å². The minimum Gasteiger partial charge on any atom is -0.501 e. The summed E-state index contributed by atoms with van der Waals surface area (Å²) in [5, 5.41) is 7.81. The van der Waals surface area contributed by atoms with Crippen LogP contribution in [0.15, 0.2) is 58.6 Å². The number of carbonyl (C=O) groups excluding carboxylic acids is 1. The van der Waals surface area contributed by atoms with Crippen LogP contribution in [-0.2, 0) is 16.1 Å². The van der Waals surface area contributed by atoms with Crippen LogP contribution in [0.1, 0.15) is 26.7 Å². The van der Waals surface area contributed by atoms with Crippen molar-refractivity contribution in [2.45, 2.75) is 33.2 Å². The SMILES string of the molecule is C=C(C)/C(Cn1cc(NC(=O)C2=CCCC(Cl)=C2)cn1)=C(/C)OC. The Hall–Kier alpha value is -2.27. The Morgan fingerprint density at radius 1 is 1.50 bits per heavy atom. The van der Waals surface area contributed by atoms with Crippen molar-refractivity contribution >= 4 is 23.2 Å². The van der Waals surface area contributed by atoms with E-state index >= 15 is 0 Å². The maximum atomic E-state index is 12.2. The highest BCUT2D eigenvalue weighted by atomic mass is 35.5. The molecule has 0 atom stereocenters. The fraction of sp³-hybridized carbons (Fsp3) is 0.333. The smallest absolute Gasteiger partial charge is 0.255 e. The molecule has 0 fully saturated rings. The lowest BCUT2D eigenvalue weighted by Gasteiger charge is -2.11. The number of nitrogens with one attached hydrogen (secondary N) is 1. The van der Waals surface area contributed by atoms with Crippen LogP contribution in [0, 0.1) is 0 Å². The van der Waals surface area contributed by atoms with Crippen LogP contribution < -0.4 is 5.32 Å². The van der Waals surface area contributed by atoms with Gasteiger partial charge in [-0.25, -0.2) is 0 Å². The molecular formula is C18H22ClN3O2. The lowest BCUT2D eigenvalue weighted by Crippen LogP contribution is -2.14. The summed E-state index contributed by atoms with van der Waals surface area (Å²) in [7, 11) is 1.63. The van der Waals surface area contributed by atoms with Crippen LogP contribution in [-0.4, -0.2) is 22.8 Å². The molecule has 5 nitrogen and oxygen atoms in total. The van der Waals surface area contributed by atoms with Crippen molar-refractivity contribution in [1.82, 2.24) is 9.78 Å². The Balaban J connectivity index is 2.07. The second-order valence-corrected chi connectivity index (χ2v) is 6.17. The number of amides is 1.